The van der Waals surface area contributed by atoms with Crippen molar-refractivity contribution in [1.29, 1.82) is 0 Å². The zero-order valence-electron chi connectivity index (χ0n) is 16.6. The molecule has 6 heteroatoms. The molecule has 150 valence electrons. The fourth-order valence-electron chi connectivity index (χ4n) is 4.45. The molecule has 0 N–H and O–H groups in total. The van der Waals surface area contributed by atoms with Crippen molar-refractivity contribution >= 4 is 17.5 Å². The first kappa shape index (κ1) is 19.1. The highest BCUT2D eigenvalue weighted by atomic mass is 16.2. The minimum Gasteiger partial charge on any atom is -0.342 e. The maximum absolute atomic E-state index is 12.7. The summed E-state index contributed by atoms with van der Waals surface area (Å²) in [6.07, 6.45) is 6.06. The van der Waals surface area contributed by atoms with Gasteiger partial charge in [0.25, 0.3) is 5.91 Å². The van der Waals surface area contributed by atoms with E-state index in [2.05, 4.69) is 14.9 Å². The molecule has 3 aliphatic rings. The zero-order chi connectivity index (χ0) is 19.3. The van der Waals surface area contributed by atoms with Crippen LogP contribution in [0.3, 0.4) is 0 Å². The van der Waals surface area contributed by atoms with Crippen molar-refractivity contribution in [3.8, 4) is 0 Å². The van der Waals surface area contributed by atoms with E-state index in [0.29, 0.717) is 19.0 Å². The molecule has 0 bridgehead atoms. The molecule has 3 aliphatic heterocycles. The van der Waals surface area contributed by atoms with Gasteiger partial charge in [0.2, 0.25) is 5.91 Å². The monoisotopic (exact) mass is 382 g/mol. The lowest BCUT2D eigenvalue weighted by Gasteiger charge is -2.35. The maximum Gasteiger partial charge on any atom is 0.256 e. The Morgan fingerprint density at radius 3 is 2.36 bits per heavy atom. The smallest absolute Gasteiger partial charge is 0.256 e. The van der Waals surface area contributed by atoms with Gasteiger partial charge in [0.1, 0.15) is 0 Å². The average Bonchev–Trinajstić information content (AvgIpc) is 3.26. The molecule has 28 heavy (non-hydrogen) atoms. The van der Waals surface area contributed by atoms with Crippen molar-refractivity contribution in [2.45, 2.75) is 38.5 Å². The summed E-state index contributed by atoms with van der Waals surface area (Å²) < 4.78 is 0. The van der Waals surface area contributed by atoms with Crippen molar-refractivity contribution in [3.63, 3.8) is 0 Å². The summed E-state index contributed by atoms with van der Waals surface area (Å²) in [7, 11) is 0. The van der Waals surface area contributed by atoms with Crippen LogP contribution in [0.2, 0.25) is 0 Å². The van der Waals surface area contributed by atoms with Gasteiger partial charge < -0.3 is 4.90 Å². The van der Waals surface area contributed by atoms with Crippen LogP contribution in [-0.2, 0) is 9.59 Å². The van der Waals surface area contributed by atoms with Gasteiger partial charge in [-0.15, -0.1) is 0 Å². The topological polar surface area (TPSA) is 56.2 Å². The summed E-state index contributed by atoms with van der Waals surface area (Å²) in [6.45, 7) is 4.55. The van der Waals surface area contributed by atoms with Gasteiger partial charge >= 0.3 is 0 Å². The van der Waals surface area contributed by atoms with Crippen molar-refractivity contribution in [1.82, 2.24) is 14.8 Å². The number of rotatable bonds is 4. The largest absolute Gasteiger partial charge is 0.342 e. The van der Waals surface area contributed by atoms with Crippen LogP contribution in [0.15, 0.2) is 35.4 Å². The highest BCUT2D eigenvalue weighted by Crippen LogP contribution is 2.22. The van der Waals surface area contributed by atoms with E-state index in [1.165, 1.54) is 6.42 Å². The van der Waals surface area contributed by atoms with Gasteiger partial charge in [-0.25, -0.2) is 5.01 Å². The van der Waals surface area contributed by atoms with Gasteiger partial charge in [-0.3, -0.25) is 14.5 Å². The van der Waals surface area contributed by atoms with E-state index in [1.54, 1.807) is 5.01 Å². The first-order chi connectivity index (χ1) is 13.7. The molecule has 3 heterocycles. The highest BCUT2D eigenvalue weighted by Gasteiger charge is 2.31. The molecular weight excluding hydrogens is 352 g/mol. The van der Waals surface area contributed by atoms with E-state index in [4.69, 9.17) is 0 Å². The molecule has 1 aromatic rings. The predicted octanol–water partition coefficient (Wildman–Crippen LogP) is 2.35. The Labute approximate surface area is 167 Å². The second-order valence-electron chi connectivity index (χ2n) is 8.12. The highest BCUT2D eigenvalue weighted by molar-refractivity contribution is 6.02. The number of benzene rings is 1. The van der Waals surface area contributed by atoms with E-state index in [1.807, 2.05) is 30.3 Å². The zero-order valence-corrected chi connectivity index (χ0v) is 16.6. The predicted molar refractivity (Wildman–Crippen MR) is 109 cm³/mol. The van der Waals surface area contributed by atoms with Crippen molar-refractivity contribution in [2.24, 2.45) is 11.0 Å². The summed E-state index contributed by atoms with van der Waals surface area (Å²) >= 11 is 0. The number of hydrogen-bond donors (Lipinski definition) is 0. The molecule has 2 amide bonds. The Kier molecular flexibility index (Phi) is 6.05. The van der Waals surface area contributed by atoms with Gasteiger partial charge in [0, 0.05) is 25.4 Å². The Hall–Kier alpha value is -2.21. The van der Waals surface area contributed by atoms with E-state index < -0.39 is 0 Å². The average molecular weight is 383 g/mol. The van der Waals surface area contributed by atoms with Crippen LogP contribution in [0.5, 0.6) is 0 Å². The fraction of sp³-hybridized carbons (Fsp3) is 0.591. The molecule has 6 nitrogen and oxygen atoms in total. The first-order valence-electron chi connectivity index (χ1n) is 10.6. The number of nitrogens with zero attached hydrogens (tertiary/aromatic N) is 4. The number of hydrogen-bond acceptors (Lipinski definition) is 4. The molecule has 2 saturated heterocycles. The number of likely N-dealkylation sites (tertiary alicyclic amines) is 2. The summed E-state index contributed by atoms with van der Waals surface area (Å²) in [6, 6.07) is 10.1. The number of carbonyl (C=O) groups excluding carboxylic acids is 2. The maximum atomic E-state index is 12.7. The van der Waals surface area contributed by atoms with E-state index in [9.17, 15) is 9.59 Å². The molecule has 0 unspecified atom stereocenters. The van der Waals surface area contributed by atoms with E-state index in [0.717, 1.165) is 69.6 Å². The normalized spacial score (nSPS) is 21.6. The minimum absolute atomic E-state index is 0.0618. The Morgan fingerprint density at radius 1 is 0.929 bits per heavy atom. The van der Waals surface area contributed by atoms with Gasteiger partial charge in [-0.2, -0.15) is 5.10 Å². The van der Waals surface area contributed by atoms with E-state index in [-0.39, 0.29) is 11.8 Å². The minimum atomic E-state index is 0.0618. The number of piperidine rings is 2. The molecular formula is C22H30N4O2. The number of amides is 2. The van der Waals surface area contributed by atoms with Crippen molar-refractivity contribution in [3.05, 3.63) is 35.9 Å². The molecule has 0 radical (unpaired) electrons. The van der Waals surface area contributed by atoms with Gasteiger partial charge in [0.15, 0.2) is 0 Å². The second kappa shape index (κ2) is 8.86. The fourth-order valence-corrected chi connectivity index (χ4v) is 4.45. The van der Waals surface area contributed by atoms with Crippen LogP contribution in [-0.4, -0.2) is 71.6 Å². The second-order valence-corrected chi connectivity index (χ2v) is 8.12. The van der Waals surface area contributed by atoms with E-state index >= 15 is 0 Å². The molecule has 0 spiro atoms. The third-order valence-electron chi connectivity index (χ3n) is 6.16. The lowest BCUT2D eigenvalue weighted by atomic mass is 9.94. The molecule has 0 aromatic heterocycles. The first-order valence-corrected chi connectivity index (χ1v) is 10.6. The Balaban J connectivity index is 1.25. The lowest BCUT2D eigenvalue weighted by Crippen LogP contribution is -2.46. The van der Waals surface area contributed by atoms with Crippen LogP contribution in [0.25, 0.3) is 0 Å². The van der Waals surface area contributed by atoms with Gasteiger partial charge in [-0.05, 0) is 50.8 Å². The quantitative estimate of drug-likeness (QED) is 0.803. The van der Waals surface area contributed by atoms with Crippen LogP contribution in [0, 0.1) is 5.92 Å². The molecule has 0 aliphatic carbocycles. The SMILES string of the molecule is O=C(C1CCN(CC(=O)N2CCC(c3ccccc3)=N2)CC1)N1CCCCC1. The number of hydrazone groups is 1. The summed E-state index contributed by atoms with van der Waals surface area (Å²) in [5.41, 5.74) is 2.08. The van der Waals surface area contributed by atoms with Crippen LogP contribution < -0.4 is 0 Å². The van der Waals surface area contributed by atoms with Crippen molar-refractivity contribution in [2.75, 3.05) is 39.3 Å². The van der Waals surface area contributed by atoms with Crippen LogP contribution in [0.4, 0.5) is 0 Å². The number of carbonyl (C=O) groups is 2. The molecule has 0 atom stereocenters. The Morgan fingerprint density at radius 2 is 1.64 bits per heavy atom. The van der Waals surface area contributed by atoms with Gasteiger partial charge in [0.05, 0.1) is 18.8 Å². The van der Waals surface area contributed by atoms with Crippen LogP contribution in [0.1, 0.15) is 44.1 Å². The Bertz CT molecular complexity index is 719. The van der Waals surface area contributed by atoms with Crippen molar-refractivity contribution < 1.29 is 9.59 Å². The molecule has 2 fully saturated rings. The molecule has 0 saturated carbocycles. The lowest BCUT2D eigenvalue weighted by molar-refractivity contribution is -0.138. The summed E-state index contributed by atoms with van der Waals surface area (Å²) in [5.74, 6) is 0.535. The molecule has 4 rings (SSSR count). The third kappa shape index (κ3) is 4.43. The summed E-state index contributed by atoms with van der Waals surface area (Å²) in [4.78, 5) is 29.6. The third-order valence-corrected chi connectivity index (χ3v) is 6.16. The molecule has 1 aromatic carbocycles. The van der Waals surface area contributed by atoms with Crippen LogP contribution >= 0.6 is 0 Å². The summed E-state index contributed by atoms with van der Waals surface area (Å²) in [5, 5.41) is 6.16. The standard InChI is InChI=1S/C22H30N4O2/c27-21(26-16-11-20(23-26)18-7-3-1-4-8-18)17-24-14-9-19(10-15-24)22(28)25-12-5-2-6-13-25/h1,3-4,7-8,19H,2,5-6,9-17H2. The van der Waals surface area contributed by atoms with Gasteiger partial charge in [-0.1, -0.05) is 30.3 Å².